The molecule has 48 heavy (non-hydrogen) atoms. The second-order valence-corrected chi connectivity index (χ2v) is 13.2. The number of imide groups is 2. The van der Waals surface area contributed by atoms with Gasteiger partial charge < -0.3 is 0 Å². The number of hydrogen-bond donors (Lipinski definition) is 0. The highest BCUT2D eigenvalue weighted by Gasteiger charge is 2.46. The molecule has 248 valence electrons. The summed E-state index contributed by atoms with van der Waals surface area (Å²) in [6.07, 6.45) is 15.0. The molecule has 0 bridgehead atoms. The average Bonchev–Trinajstić information content (AvgIpc) is 3.12. The molecular formula is C40H46N4O4+2. The van der Waals surface area contributed by atoms with E-state index in [-0.39, 0.29) is 35.5 Å². The molecular weight excluding hydrogens is 600 g/mol. The quantitative estimate of drug-likeness (QED) is 0.109. The van der Waals surface area contributed by atoms with Crippen molar-refractivity contribution in [2.45, 2.75) is 79.1 Å². The van der Waals surface area contributed by atoms with Crippen molar-refractivity contribution in [1.82, 2.24) is 9.80 Å². The lowest BCUT2D eigenvalue weighted by Crippen LogP contribution is -2.49. The van der Waals surface area contributed by atoms with E-state index >= 15 is 0 Å². The first-order valence-corrected chi connectivity index (χ1v) is 17.7. The van der Waals surface area contributed by atoms with Crippen LogP contribution in [0.2, 0.25) is 0 Å². The van der Waals surface area contributed by atoms with Gasteiger partial charge in [0.25, 0.3) is 23.6 Å². The molecule has 0 unspecified atom stereocenters. The fourth-order valence-electron chi connectivity index (χ4n) is 7.33. The van der Waals surface area contributed by atoms with Gasteiger partial charge in [-0.2, -0.15) is 9.13 Å². The lowest BCUT2D eigenvalue weighted by Gasteiger charge is -2.34. The Balaban J connectivity index is 1.65. The van der Waals surface area contributed by atoms with Gasteiger partial charge in [0.1, 0.15) is 11.1 Å². The van der Waals surface area contributed by atoms with E-state index in [2.05, 4.69) is 27.7 Å². The van der Waals surface area contributed by atoms with Crippen LogP contribution >= 0.6 is 0 Å². The first kappa shape index (κ1) is 33.2. The predicted molar refractivity (Wildman–Crippen MR) is 184 cm³/mol. The third kappa shape index (κ3) is 5.82. The fourth-order valence-corrected chi connectivity index (χ4v) is 7.33. The Labute approximate surface area is 283 Å². The van der Waals surface area contributed by atoms with Crippen LogP contribution in [0.5, 0.6) is 0 Å². The number of carbonyl (C=O) groups excluding carboxylic acids is 4. The molecule has 0 fully saturated rings. The molecule has 0 saturated heterocycles. The molecule has 6 rings (SSSR count). The van der Waals surface area contributed by atoms with Crippen molar-refractivity contribution in [3.63, 3.8) is 0 Å². The van der Waals surface area contributed by atoms with E-state index in [0.29, 0.717) is 57.5 Å². The standard InChI is InChI=1S/C40H46N4O4/c1-5-9-17-27(7-3)25-43-37(45)29-23-32(42-21-15-12-16-22-42)36-34-30(38(46)44(40(36)48)26-28(8-4)18-10-6-2)24-31(35(33(29)34)39(43)47)41-19-13-11-14-20-41/h11-16,19-24,27-28H,5-10,17-18,25-26H2,1-4H3/q+2/t27-,28+. The molecule has 2 atom stereocenters. The molecule has 4 heterocycles. The number of aromatic nitrogens is 2. The van der Waals surface area contributed by atoms with E-state index in [0.717, 1.165) is 51.4 Å². The Morgan fingerprint density at radius 3 is 1.25 bits per heavy atom. The second-order valence-electron chi connectivity index (χ2n) is 13.2. The number of pyridine rings is 2. The minimum Gasteiger partial charge on any atom is -0.274 e. The summed E-state index contributed by atoms with van der Waals surface area (Å²) in [7, 11) is 0. The molecule has 2 aliphatic heterocycles. The van der Waals surface area contributed by atoms with Gasteiger partial charge in [-0.1, -0.05) is 78.4 Å². The third-order valence-corrected chi connectivity index (χ3v) is 10.2. The van der Waals surface area contributed by atoms with Crippen molar-refractivity contribution in [2.24, 2.45) is 11.8 Å². The van der Waals surface area contributed by atoms with E-state index in [1.807, 2.05) is 70.3 Å². The fraction of sp³-hybridized carbons (Fsp3) is 0.400. The smallest absolute Gasteiger partial charge is 0.268 e. The maximum Gasteiger partial charge on any atom is 0.268 e. The highest BCUT2D eigenvalue weighted by molar-refractivity contribution is 6.35. The Morgan fingerprint density at radius 1 is 0.542 bits per heavy atom. The summed E-state index contributed by atoms with van der Waals surface area (Å²) in [5, 5.41) is 0.780. The maximum atomic E-state index is 14.6. The number of amides is 4. The van der Waals surface area contributed by atoms with Gasteiger partial charge in [0.15, 0.2) is 24.8 Å². The van der Waals surface area contributed by atoms with Crippen molar-refractivity contribution in [1.29, 1.82) is 0 Å². The van der Waals surface area contributed by atoms with Gasteiger partial charge >= 0.3 is 0 Å². The van der Waals surface area contributed by atoms with Crippen LogP contribution in [0.15, 0.2) is 73.3 Å². The summed E-state index contributed by atoms with van der Waals surface area (Å²) in [4.78, 5) is 61.1. The van der Waals surface area contributed by atoms with Crippen molar-refractivity contribution in [3.05, 3.63) is 95.6 Å². The van der Waals surface area contributed by atoms with Gasteiger partial charge in [-0.15, -0.1) is 0 Å². The van der Waals surface area contributed by atoms with Crippen LogP contribution in [0.25, 0.3) is 22.1 Å². The molecule has 2 aromatic carbocycles. The van der Waals surface area contributed by atoms with Crippen molar-refractivity contribution < 1.29 is 28.3 Å². The zero-order chi connectivity index (χ0) is 33.9. The van der Waals surface area contributed by atoms with Crippen molar-refractivity contribution >= 4 is 34.4 Å². The van der Waals surface area contributed by atoms with Crippen LogP contribution < -0.4 is 9.13 Å². The van der Waals surface area contributed by atoms with Gasteiger partial charge in [-0.3, -0.25) is 29.0 Å². The molecule has 0 radical (unpaired) electrons. The topological polar surface area (TPSA) is 82.5 Å². The molecule has 0 N–H and O–H groups in total. The molecule has 2 aromatic heterocycles. The molecule has 2 aliphatic rings. The molecule has 4 amide bonds. The van der Waals surface area contributed by atoms with E-state index in [1.54, 1.807) is 12.1 Å². The van der Waals surface area contributed by atoms with Gasteiger partial charge in [0.2, 0.25) is 11.4 Å². The average molecular weight is 647 g/mol. The number of benzene rings is 2. The van der Waals surface area contributed by atoms with E-state index in [1.165, 1.54) is 9.80 Å². The first-order valence-electron chi connectivity index (χ1n) is 17.7. The van der Waals surface area contributed by atoms with Crippen LogP contribution in [-0.2, 0) is 0 Å². The van der Waals surface area contributed by atoms with Crippen molar-refractivity contribution in [2.75, 3.05) is 13.1 Å². The Morgan fingerprint density at radius 2 is 0.917 bits per heavy atom. The predicted octanol–water partition coefficient (Wildman–Crippen LogP) is 7.02. The van der Waals surface area contributed by atoms with Gasteiger partial charge in [-0.25, -0.2) is 0 Å². The Kier molecular flexibility index (Phi) is 9.81. The lowest BCUT2D eigenvalue weighted by atomic mass is 9.83. The van der Waals surface area contributed by atoms with Crippen LogP contribution in [0.4, 0.5) is 0 Å². The summed E-state index contributed by atoms with van der Waals surface area (Å²) in [5.41, 5.74) is 2.41. The Bertz CT molecular complexity index is 1730. The van der Waals surface area contributed by atoms with Crippen LogP contribution in [0.1, 0.15) is 120 Å². The highest BCUT2D eigenvalue weighted by Crippen LogP contribution is 2.42. The summed E-state index contributed by atoms with van der Waals surface area (Å²) in [6.45, 7) is 9.11. The van der Waals surface area contributed by atoms with Gasteiger partial charge in [0.05, 0.1) is 11.1 Å². The summed E-state index contributed by atoms with van der Waals surface area (Å²) in [5.74, 6) is -1.22. The Hall–Kier alpha value is -4.72. The maximum absolute atomic E-state index is 14.6. The van der Waals surface area contributed by atoms with Gasteiger partial charge in [0, 0.05) is 60.3 Å². The van der Waals surface area contributed by atoms with Crippen LogP contribution in [0.3, 0.4) is 0 Å². The molecule has 8 nitrogen and oxygen atoms in total. The number of hydrogen-bond acceptors (Lipinski definition) is 4. The summed E-state index contributed by atoms with van der Waals surface area (Å²) in [6, 6.07) is 14.8. The largest absolute Gasteiger partial charge is 0.274 e. The lowest BCUT2D eigenvalue weighted by molar-refractivity contribution is -0.596. The van der Waals surface area contributed by atoms with Crippen LogP contribution in [-0.4, -0.2) is 46.5 Å². The van der Waals surface area contributed by atoms with Crippen LogP contribution in [0, 0.1) is 11.8 Å². The summed E-state index contributed by atoms with van der Waals surface area (Å²) < 4.78 is 3.66. The zero-order valence-electron chi connectivity index (χ0n) is 28.6. The normalized spacial score (nSPS) is 15.4. The first-order chi connectivity index (χ1) is 23.3. The SMILES string of the molecule is CCCC[C@@H](CC)CN1C(=O)c2cc(-[n+]3ccccc3)c3c4c(cc(-[n+]5ccccc5)c(c24)C1=O)C(=O)N(C[C@@H](CC)CCCC)C3=O. The number of unbranched alkanes of at least 4 members (excludes halogenated alkanes) is 2. The minimum absolute atomic E-state index is 0.166. The number of carbonyl (C=O) groups is 4. The highest BCUT2D eigenvalue weighted by atomic mass is 16.2. The molecule has 0 spiro atoms. The van der Waals surface area contributed by atoms with Crippen molar-refractivity contribution in [3.8, 4) is 11.4 Å². The molecule has 8 heteroatoms. The molecule has 0 aliphatic carbocycles. The van der Waals surface area contributed by atoms with E-state index in [4.69, 9.17) is 0 Å². The van der Waals surface area contributed by atoms with Gasteiger partial charge in [-0.05, 0) is 24.7 Å². The third-order valence-electron chi connectivity index (χ3n) is 10.2. The second kappa shape index (κ2) is 14.2. The minimum atomic E-state index is -0.389. The zero-order valence-corrected chi connectivity index (χ0v) is 28.6. The number of nitrogens with zero attached hydrogens (tertiary/aromatic N) is 4. The van der Waals surface area contributed by atoms with E-state index < -0.39 is 0 Å². The monoisotopic (exact) mass is 646 g/mol. The molecule has 4 aromatic rings. The number of rotatable bonds is 14. The molecule has 0 saturated carbocycles. The summed E-state index contributed by atoms with van der Waals surface area (Å²) >= 11 is 0. The van der Waals surface area contributed by atoms with E-state index in [9.17, 15) is 19.2 Å².